The van der Waals surface area contributed by atoms with Crippen LogP contribution in [0.3, 0.4) is 0 Å². The van der Waals surface area contributed by atoms with Crippen LogP contribution in [0.5, 0.6) is 11.5 Å². The van der Waals surface area contributed by atoms with Crippen LogP contribution < -0.4 is 19.1 Å². The quantitative estimate of drug-likeness (QED) is 0.374. The molecule has 248 valence electrons. The number of anilines is 1. The standard InChI is InChI=1S/C32H42F3N3O6S/c1-21-8-13-24(43-23-11-9-22(10-12-23)29(2,3)4)25(20-21)44-30(14-15-30)28(39)37-45(41,42)27-7-5-6-26(36-27)38-18-16-31(40,17-19-38)32(33,34)35/h5-8,13,20,22-23,40H,9-12,14-19H2,1-4H3,(H,37,39). The van der Waals surface area contributed by atoms with Crippen LogP contribution in [-0.2, 0) is 14.8 Å². The number of amides is 1. The van der Waals surface area contributed by atoms with Gasteiger partial charge in [0.15, 0.2) is 27.7 Å². The molecule has 45 heavy (non-hydrogen) atoms. The van der Waals surface area contributed by atoms with E-state index < -0.39 is 51.2 Å². The molecule has 1 aromatic carbocycles. The van der Waals surface area contributed by atoms with Crippen LogP contribution >= 0.6 is 0 Å². The van der Waals surface area contributed by atoms with Crippen molar-refractivity contribution in [3.63, 3.8) is 0 Å². The molecule has 2 N–H and O–H groups in total. The van der Waals surface area contributed by atoms with Crippen molar-refractivity contribution in [1.29, 1.82) is 0 Å². The summed E-state index contributed by atoms with van der Waals surface area (Å²) < 4.78 is 80.8. The molecule has 13 heteroatoms. The third kappa shape index (κ3) is 7.34. The number of piperidine rings is 1. The van der Waals surface area contributed by atoms with Gasteiger partial charge in [-0.05, 0) is 73.8 Å². The van der Waals surface area contributed by atoms with Crippen molar-refractivity contribution in [3.05, 3.63) is 42.0 Å². The van der Waals surface area contributed by atoms with E-state index in [1.165, 1.54) is 23.1 Å². The molecular weight excluding hydrogens is 611 g/mol. The number of alkyl halides is 3. The Kier molecular flexibility index (Phi) is 8.84. The number of nitrogens with one attached hydrogen (secondary N) is 1. The van der Waals surface area contributed by atoms with Crippen LogP contribution in [0.15, 0.2) is 41.4 Å². The minimum absolute atomic E-state index is 0.0125. The molecule has 0 spiro atoms. The minimum atomic E-state index is -4.76. The number of aromatic nitrogens is 1. The van der Waals surface area contributed by atoms with Gasteiger partial charge in [0, 0.05) is 38.8 Å². The minimum Gasteiger partial charge on any atom is -0.487 e. The predicted molar refractivity (Wildman–Crippen MR) is 162 cm³/mol. The number of rotatable bonds is 8. The van der Waals surface area contributed by atoms with Crippen molar-refractivity contribution in [2.24, 2.45) is 11.3 Å². The first kappa shape index (κ1) is 33.3. The fraction of sp³-hybridized carbons (Fsp3) is 0.625. The Morgan fingerprint density at radius 1 is 1.00 bits per heavy atom. The van der Waals surface area contributed by atoms with Crippen LogP contribution in [0.1, 0.15) is 77.7 Å². The maximum atomic E-state index is 13.4. The maximum Gasteiger partial charge on any atom is 0.417 e. The van der Waals surface area contributed by atoms with Gasteiger partial charge in [-0.3, -0.25) is 4.79 Å². The number of carbonyl (C=O) groups excluding carboxylic acids is 1. The molecule has 2 heterocycles. The highest BCUT2D eigenvalue weighted by Gasteiger charge is 2.56. The average molecular weight is 654 g/mol. The number of ether oxygens (including phenoxy) is 2. The zero-order valence-corrected chi connectivity index (χ0v) is 26.9. The molecule has 9 nitrogen and oxygen atoms in total. The third-order valence-electron chi connectivity index (χ3n) is 9.37. The van der Waals surface area contributed by atoms with Crippen LogP contribution in [0, 0.1) is 18.3 Å². The lowest BCUT2D eigenvalue weighted by atomic mass is 9.72. The largest absolute Gasteiger partial charge is 0.487 e. The first-order chi connectivity index (χ1) is 20.9. The van der Waals surface area contributed by atoms with Crippen LogP contribution in [0.25, 0.3) is 0 Å². The van der Waals surface area contributed by atoms with E-state index in [4.69, 9.17) is 9.47 Å². The molecule has 0 bridgehead atoms. The molecule has 0 radical (unpaired) electrons. The average Bonchev–Trinajstić information content (AvgIpc) is 3.75. The molecule has 3 aliphatic rings. The van der Waals surface area contributed by atoms with E-state index in [2.05, 4.69) is 30.5 Å². The summed E-state index contributed by atoms with van der Waals surface area (Å²) in [5.41, 5.74) is -3.06. The molecule has 1 saturated heterocycles. The lowest BCUT2D eigenvalue weighted by Gasteiger charge is -2.39. The number of aliphatic hydroxyl groups is 1. The Morgan fingerprint density at radius 2 is 1.64 bits per heavy atom. The zero-order chi connectivity index (χ0) is 32.8. The molecule has 1 aromatic heterocycles. The van der Waals surface area contributed by atoms with E-state index >= 15 is 0 Å². The fourth-order valence-electron chi connectivity index (χ4n) is 6.10. The van der Waals surface area contributed by atoms with E-state index in [1.807, 2.05) is 19.1 Å². The molecule has 1 aliphatic heterocycles. The fourth-order valence-corrected chi connectivity index (χ4v) is 7.11. The summed E-state index contributed by atoms with van der Waals surface area (Å²) in [6, 6.07) is 9.58. The maximum absolute atomic E-state index is 13.4. The van der Waals surface area contributed by atoms with Crippen molar-refractivity contribution in [3.8, 4) is 11.5 Å². The number of hydrogen-bond acceptors (Lipinski definition) is 8. The van der Waals surface area contributed by atoms with Crippen LogP contribution in [-0.4, -0.2) is 61.0 Å². The van der Waals surface area contributed by atoms with E-state index in [0.717, 1.165) is 31.2 Å². The van der Waals surface area contributed by atoms with Gasteiger partial charge in [0.05, 0.1) is 6.10 Å². The van der Waals surface area contributed by atoms with Crippen molar-refractivity contribution >= 4 is 21.7 Å². The normalized spacial score (nSPS) is 23.2. The third-order valence-corrected chi connectivity index (χ3v) is 10.6. The van der Waals surface area contributed by atoms with E-state index in [9.17, 15) is 31.5 Å². The molecule has 0 atom stereocenters. The Morgan fingerprint density at radius 3 is 2.22 bits per heavy atom. The smallest absolute Gasteiger partial charge is 0.417 e. The second-order valence-electron chi connectivity index (χ2n) is 13.8. The number of sulfonamides is 1. The van der Waals surface area contributed by atoms with Gasteiger partial charge in [0.25, 0.3) is 15.9 Å². The summed E-state index contributed by atoms with van der Waals surface area (Å²) in [5, 5.41) is 9.51. The zero-order valence-electron chi connectivity index (χ0n) is 26.1. The Bertz CT molecular complexity index is 1500. The van der Waals surface area contributed by atoms with E-state index in [0.29, 0.717) is 30.3 Å². The van der Waals surface area contributed by atoms with Gasteiger partial charge in [0.2, 0.25) is 0 Å². The first-order valence-corrected chi connectivity index (χ1v) is 16.9. The summed E-state index contributed by atoms with van der Waals surface area (Å²) >= 11 is 0. The van der Waals surface area contributed by atoms with Crippen molar-refractivity contribution in [1.82, 2.24) is 9.71 Å². The number of aryl methyl sites for hydroxylation is 1. The number of pyridine rings is 1. The lowest BCUT2D eigenvalue weighted by molar-refractivity contribution is -0.266. The second-order valence-corrected chi connectivity index (χ2v) is 15.4. The van der Waals surface area contributed by atoms with Gasteiger partial charge in [-0.25, -0.2) is 9.71 Å². The number of benzene rings is 1. The van der Waals surface area contributed by atoms with Gasteiger partial charge >= 0.3 is 6.18 Å². The monoisotopic (exact) mass is 653 g/mol. The van der Waals surface area contributed by atoms with Crippen molar-refractivity contribution in [2.75, 3.05) is 18.0 Å². The molecule has 2 aromatic rings. The Hall–Kier alpha value is -3.06. The summed E-state index contributed by atoms with van der Waals surface area (Å²) in [7, 11) is -4.44. The molecule has 1 amide bonds. The van der Waals surface area contributed by atoms with Gasteiger partial charge in [-0.15, -0.1) is 0 Å². The number of hydrogen-bond donors (Lipinski definition) is 2. The van der Waals surface area contributed by atoms with Crippen LogP contribution in [0.4, 0.5) is 19.0 Å². The Labute approximate surface area is 262 Å². The molecule has 0 unspecified atom stereocenters. The topological polar surface area (TPSA) is 118 Å². The van der Waals surface area contributed by atoms with E-state index in [-0.39, 0.29) is 30.4 Å². The Balaban J connectivity index is 1.25. The number of nitrogens with zero attached hydrogens (tertiary/aromatic N) is 2. The highest BCUT2D eigenvalue weighted by molar-refractivity contribution is 7.90. The molecule has 2 saturated carbocycles. The highest BCUT2D eigenvalue weighted by atomic mass is 32.2. The van der Waals surface area contributed by atoms with E-state index in [1.54, 1.807) is 6.07 Å². The molecule has 3 fully saturated rings. The summed E-state index contributed by atoms with van der Waals surface area (Å²) in [6.07, 6.45) is -1.35. The summed E-state index contributed by atoms with van der Waals surface area (Å²) in [5.74, 6) is 0.805. The van der Waals surface area contributed by atoms with Gasteiger partial charge < -0.3 is 19.5 Å². The second kappa shape index (κ2) is 11.9. The van der Waals surface area contributed by atoms with Crippen molar-refractivity contribution in [2.45, 2.75) is 108 Å². The predicted octanol–water partition coefficient (Wildman–Crippen LogP) is 5.68. The molecule has 5 rings (SSSR count). The molecule has 2 aliphatic carbocycles. The summed E-state index contributed by atoms with van der Waals surface area (Å²) in [6.45, 7) is 8.32. The van der Waals surface area contributed by atoms with Gasteiger partial charge in [-0.1, -0.05) is 32.9 Å². The van der Waals surface area contributed by atoms with Crippen LogP contribution in [0.2, 0.25) is 0 Å². The highest BCUT2D eigenvalue weighted by Crippen LogP contribution is 2.45. The summed E-state index contributed by atoms with van der Waals surface area (Å²) in [4.78, 5) is 19.0. The molecular formula is C32H42F3N3O6S. The number of carbonyl (C=O) groups is 1. The first-order valence-electron chi connectivity index (χ1n) is 15.5. The van der Waals surface area contributed by atoms with Gasteiger partial charge in [-0.2, -0.15) is 21.6 Å². The van der Waals surface area contributed by atoms with Crippen molar-refractivity contribution < 1.29 is 41.0 Å². The van der Waals surface area contributed by atoms with Gasteiger partial charge in [0.1, 0.15) is 5.82 Å². The SMILES string of the molecule is Cc1ccc(OC2CCC(C(C)(C)C)CC2)c(OC2(C(=O)NS(=O)(=O)c3cccc(N4CCC(O)(C(F)(F)F)CC4)n3)CC2)c1. The number of halogens is 3. The lowest BCUT2D eigenvalue weighted by Crippen LogP contribution is -2.53.